The molecule has 5 heteroatoms. The van der Waals surface area contributed by atoms with Gasteiger partial charge in [0.05, 0.1) is 0 Å². The number of aryl methyl sites for hydroxylation is 1. The molecule has 0 radical (unpaired) electrons. The molecule has 24 heavy (non-hydrogen) atoms. The van der Waals surface area contributed by atoms with Gasteiger partial charge in [0.1, 0.15) is 0 Å². The van der Waals surface area contributed by atoms with E-state index in [4.69, 9.17) is 4.98 Å². The van der Waals surface area contributed by atoms with E-state index >= 15 is 0 Å². The van der Waals surface area contributed by atoms with Crippen molar-refractivity contribution in [3.05, 3.63) is 42.0 Å². The molecule has 1 aliphatic carbocycles. The van der Waals surface area contributed by atoms with E-state index in [1.165, 1.54) is 36.5 Å². The third-order valence-corrected chi connectivity index (χ3v) is 5.75. The van der Waals surface area contributed by atoms with Crippen molar-refractivity contribution in [1.29, 1.82) is 0 Å². The highest BCUT2D eigenvalue weighted by Gasteiger charge is 2.22. The predicted octanol–water partition coefficient (Wildman–Crippen LogP) is 3.60. The van der Waals surface area contributed by atoms with Crippen molar-refractivity contribution >= 4 is 16.7 Å². The van der Waals surface area contributed by atoms with Crippen molar-refractivity contribution in [3.8, 4) is 11.4 Å². The number of anilines is 1. The van der Waals surface area contributed by atoms with E-state index in [9.17, 15) is 0 Å². The summed E-state index contributed by atoms with van der Waals surface area (Å²) in [4.78, 5) is 9.75. The fourth-order valence-corrected chi connectivity index (χ4v) is 4.20. The number of nitrogens with zero attached hydrogens (tertiary/aromatic N) is 4. The molecular formula is C19H24N4S. The Morgan fingerprint density at radius 3 is 2.62 bits per heavy atom. The first-order valence-corrected chi connectivity index (χ1v) is 9.60. The lowest BCUT2D eigenvalue weighted by molar-refractivity contribution is 0.233. The second-order valence-electron chi connectivity index (χ2n) is 6.82. The molecule has 1 saturated heterocycles. The first kappa shape index (κ1) is 15.8. The van der Waals surface area contributed by atoms with Crippen molar-refractivity contribution in [2.24, 2.45) is 5.92 Å². The number of aromatic nitrogens is 2. The van der Waals surface area contributed by atoms with Crippen LogP contribution in [0, 0.1) is 12.8 Å². The molecule has 2 aliphatic rings. The molecule has 0 spiro atoms. The summed E-state index contributed by atoms with van der Waals surface area (Å²) >= 11 is 1.52. The Hall–Kier alpha value is -1.72. The van der Waals surface area contributed by atoms with Gasteiger partial charge in [0.2, 0.25) is 5.13 Å². The zero-order chi connectivity index (χ0) is 16.4. The fraction of sp³-hybridized carbons (Fsp3) is 0.474. The molecule has 1 atom stereocenters. The van der Waals surface area contributed by atoms with Gasteiger partial charge in [-0.05, 0) is 25.7 Å². The highest BCUT2D eigenvalue weighted by atomic mass is 32.1. The Morgan fingerprint density at radius 2 is 1.92 bits per heavy atom. The molecule has 126 valence electrons. The Labute approximate surface area is 148 Å². The third-order valence-electron chi connectivity index (χ3n) is 4.97. The van der Waals surface area contributed by atoms with Crippen LogP contribution in [0.4, 0.5) is 5.13 Å². The van der Waals surface area contributed by atoms with E-state index in [1.807, 2.05) is 0 Å². The van der Waals surface area contributed by atoms with E-state index in [0.717, 1.165) is 48.6 Å². The van der Waals surface area contributed by atoms with Gasteiger partial charge in [-0.15, -0.1) is 0 Å². The first-order chi connectivity index (χ1) is 11.8. The predicted molar refractivity (Wildman–Crippen MR) is 101 cm³/mol. The second kappa shape index (κ2) is 7.03. The molecule has 0 N–H and O–H groups in total. The average molecular weight is 340 g/mol. The van der Waals surface area contributed by atoms with Crippen molar-refractivity contribution in [2.75, 3.05) is 37.6 Å². The Morgan fingerprint density at radius 1 is 1.12 bits per heavy atom. The summed E-state index contributed by atoms with van der Waals surface area (Å²) < 4.78 is 4.56. The van der Waals surface area contributed by atoms with Crippen LogP contribution in [0.3, 0.4) is 0 Å². The molecule has 1 aromatic heterocycles. The van der Waals surface area contributed by atoms with Crippen LogP contribution in [0.15, 0.2) is 36.4 Å². The van der Waals surface area contributed by atoms with Gasteiger partial charge in [-0.2, -0.15) is 9.36 Å². The zero-order valence-corrected chi connectivity index (χ0v) is 15.0. The van der Waals surface area contributed by atoms with Gasteiger partial charge in [-0.1, -0.05) is 42.0 Å². The number of hydrogen-bond acceptors (Lipinski definition) is 5. The minimum Gasteiger partial charge on any atom is -0.344 e. The highest BCUT2D eigenvalue weighted by Crippen LogP contribution is 2.25. The molecule has 1 aromatic carbocycles. The summed E-state index contributed by atoms with van der Waals surface area (Å²) in [6, 6.07) is 8.45. The van der Waals surface area contributed by atoms with Gasteiger partial charge in [0.25, 0.3) is 0 Å². The summed E-state index contributed by atoms with van der Waals surface area (Å²) in [7, 11) is 0. The summed E-state index contributed by atoms with van der Waals surface area (Å²) in [6.45, 7) is 7.69. The lowest BCUT2D eigenvalue weighted by Gasteiger charge is -2.35. The fourth-order valence-electron chi connectivity index (χ4n) is 3.46. The molecule has 4 nitrogen and oxygen atoms in total. The zero-order valence-electron chi connectivity index (χ0n) is 14.2. The molecule has 0 amide bonds. The molecule has 0 saturated carbocycles. The molecule has 1 unspecified atom stereocenters. The maximum absolute atomic E-state index is 4.77. The maximum atomic E-state index is 4.77. The lowest BCUT2D eigenvalue weighted by Crippen LogP contribution is -2.47. The Bertz CT molecular complexity index is 698. The van der Waals surface area contributed by atoms with Gasteiger partial charge in [-0.25, -0.2) is 0 Å². The van der Waals surface area contributed by atoms with Gasteiger partial charge in [-0.3, -0.25) is 4.90 Å². The number of rotatable bonds is 4. The minimum atomic E-state index is 0.770. The van der Waals surface area contributed by atoms with Gasteiger partial charge in [0.15, 0.2) is 5.82 Å². The normalized spacial score (nSPS) is 21.5. The molecule has 1 fully saturated rings. The quantitative estimate of drug-likeness (QED) is 0.796. The van der Waals surface area contributed by atoms with Crippen LogP contribution in [0.2, 0.25) is 0 Å². The smallest absolute Gasteiger partial charge is 0.205 e. The van der Waals surface area contributed by atoms with Crippen LogP contribution in [-0.2, 0) is 0 Å². The van der Waals surface area contributed by atoms with Crippen molar-refractivity contribution in [3.63, 3.8) is 0 Å². The van der Waals surface area contributed by atoms with Gasteiger partial charge in [0, 0.05) is 49.8 Å². The van der Waals surface area contributed by atoms with Gasteiger partial charge >= 0.3 is 0 Å². The number of hydrogen-bond donors (Lipinski definition) is 0. The monoisotopic (exact) mass is 340 g/mol. The third kappa shape index (κ3) is 3.52. The van der Waals surface area contributed by atoms with Gasteiger partial charge < -0.3 is 4.90 Å². The van der Waals surface area contributed by atoms with Crippen molar-refractivity contribution < 1.29 is 0 Å². The van der Waals surface area contributed by atoms with E-state index in [0.29, 0.717) is 0 Å². The van der Waals surface area contributed by atoms with Crippen LogP contribution >= 0.6 is 11.5 Å². The van der Waals surface area contributed by atoms with E-state index < -0.39 is 0 Å². The summed E-state index contributed by atoms with van der Waals surface area (Å²) in [6.07, 6.45) is 7.31. The summed E-state index contributed by atoms with van der Waals surface area (Å²) in [5.41, 5.74) is 2.37. The number of benzene rings is 1. The van der Waals surface area contributed by atoms with Crippen LogP contribution in [0.25, 0.3) is 11.4 Å². The summed E-state index contributed by atoms with van der Waals surface area (Å²) in [5.74, 6) is 1.62. The topological polar surface area (TPSA) is 32.3 Å². The molecule has 1 aliphatic heterocycles. The van der Waals surface area contributed by atoms with Crippen LogP contribution in [0.5, 0.6) is 0 Å². The molecule has 0 bridgehead atoms. The lowest BCUT2D eigenvalue weighted by atomic mass is 10.1. The highest BCUT2D eigenvalue weighted by molar-refractivity contribution is 7.09. The van der Waals surface area contributed by atoms with E-state index in [1.54, 1.807) is 0 Å². The molecular weight excluding hydrogens is 316 g/mol. The maximum Gasteiger partial charge on any atom is 0.205 e. The van der Waals surface area contributed by atoms with Crippen LogP contribution in [-0.4, -0.2) is 47.0 Å². The Kier molecular flexibility index (Phi) is 4.63. The van der Waals surface area contributed by atoms with E-state index in [-0.39, 0.29) is 0 Å². The SMILES string of the molecule is Cc1ccc(-c2nsc(N3CCN(CC4C=CCC4)CC3)n2)cc1. The van der Waals surface area contributed by atoms with Crippen LogP contribution in [0.1, 0.15) is 18.4 Å². The first-order valence-electron chi connectivity index (χ1n) is 8.83. The number of allylic oxidation sites excluding steroid dienone is 1. The molecule has 2 heterocycles. The summed E-state index contributed by atoms with van der Waals surface area (Å²) in [5, 5.41) is 1.06. The number of piperazine rings is 1. The second-order valence-corrected chi connectivity index (χ2v) is 7.55. The minimum absolute atomic E-state index is 0.770. The van der Waals surface area contributed by atoms with E-state index in [2.05, 4.69) is 57.5 Å². The molecule has 4 rings (SSSR count). The molecule has 2 aromatic rings. The largest absolute Gasteiger partial charge is 0.344 e. The standard InChI is InChI=1S/C19H24N4S/c1-15-6-8-17(9-7-15)18-20-19(24-21-18)23-12-10-22(11-13-23)14-16-4-2-3-5-16/h2,4,6-9,16H,3,5,10-14H2,1H3. The van der Waals surface area contributed by atoms with Crippen molar-refractivity contribution in [2.45, 2.75) is 19.8 Å². The van der Waals surface area contributed by atoms with Crippen molar-refractivity contribution in [1.82, 2.24) is 14.3 Å². The van der Waals surface area contributed by atoms with Crippen LogP contribution < -0.4 is 4.90 Å². The Balaban J connectivity index is 1.35. The average Bonchev–Trinajstić information content (AvgIpc) is 3.28.